The highest BCUT2D eigenvalue weighted by atomic mass is 16.5. The number of carbonyl (C=O) groups excluding carboxylic acids is 2. The molecule has 114 valence electrons. The molecule has 0 aliphatic heterocycles. The minimum absolute atomic E-state index is 0.176. The van der Waals surface area contributed by atoms with Gasteiger partial charge in [-0.25, -0.2) is 9.78 Å². The van der Waals surface area contributed by atoms with E-state index in [1.54, 1.807) is 18.2 Å². The van der Waals surface area contributed by atoms with Gasteiger partial charge in [-0.3, -0.25) is 4.79 Å². The molecule has 0 radical (unpaired) electrons. The molecule has 5 heteroatoms. The summed E-state index contributed by atoms with van der Waals surface area (Å²) in [7, 11) is 0. The van der Waals surface area contributed by atoms with Crippen molar-refractivity contribution in [3.05, 3.63) is 30.1 Å². The van der Waals surface area contributed by atoms with E-state index in [-0.39, 0.29) is 24.2 Å². The average molecular weight is 290 g/mol. The number of carbonyl (C=O) groups is 2. The Kier molecular flexibility index (Phi) is 5.31. The van der Waals surface area contributed by atoms with Crippen LogP contribution in [0.5, 0.6) is 0 Å². The minimum atomic E-state index is -0.573. The number of aromatic nitrogens is 1. The normalized spacial score (nSPS) is 25.1. The van der Waals surface area contributed by atoms with E-state index in [0.29, 0.717) is 11.8 Å². The van der Waals surface area contributed by atoms with Gasteiger partial charge >= 0.3 is 5.97 Å². The molecular formula is C16H22N2O3. The Morgan fingerprint density at radius 1 is 1.33 bits per heavy atom. The highest BCUT2D eigenvalue weighted by molar-refractivity contribution is 5.89. The van der Waals surface area contributed by atoms with E-state index in [4.69, 9.17) is 4.74 Å². The number of hydrogen-bond donors (Lipinski definition) is 1. The smallest absolute Gasteiger partial charge is 0.357 e. The highest BCUT2D eigenvalue weighted by Crippen LogP contribution is 2.29. The molecule has 0 bridgehead atoms. The van der Waals surface area contributed by atoms with E-state index in [9.17, 15) is 9.59 Å². The second-order valence-corrected chi connectivity index (χ2v) is 5.73. The first-order valence-electron chi connectivity index (χ1n) is 7.45. The number of amides is 1. The first-order valence-corrected chi connectivity index (χ1v) is 7.45. The van der Waals surface area contributed by atoms with E-state index in [0.717, 1.165) is 12.8 Å². The number of hydrogen-bond acceptors (Lipinski definition) is 4. The summed E-state index contributed by atoms with van der Waals surface area (Å²) in [6, 6.07) is 5.16. The Morgan fingerprint density at radius 3 is 2.86 bits per heavy atom. The Morgan fingerprint density at radius 2 is 2.14 bits per heavy atom. The first kappa shape index (κ1) is 15.5. The second-order valence-electron chi connectivity index (χ2n) is 5.73. The van der Waals surface area contributed by atoms with Crippen LogP contribution < -0.4 is 5.32 Å². The Bertz CT molecular complexity index is 490. The van der Waals surface area contributed by atoms with Gasteiger partial charge in [-0.1, -0.05) is 32.8 Å². The first-order chi connectivity index (χ1) is 10.1. The molecule has 1 aromatic heterocycles. The largest absolute Gasteiger partial charge is 0.451 e. The van der Waals surface area contributed by atoms with Crippen molar-refractivity contribution in [1.82, 2.24) is 10.3 Å². The minimum Gasteiger partial charge on any atom is -0.451 e. The number of ether oxygens (including phenoxy) is 1. The van der Waals surface area contributed by atoms with Crippen molar-refractivity contribution in [2.24, 2.45) is 11.8 Å². The lowest BCUT2D eigenvalue weighted by Crippen LogP contribution is -2.45. The molecule has 1 aromatic rings. The lowest BCUT2D eigenvalue weighted by Gasteiger charge is -2.34. The Balaban J connectivity index is 1.78. The summed E-state index contributed by atoms with van der Waals surface area (Å²) >= 11 is 0. The average Bonchev–Trinajstić information content (AvgIpc) is 2.50. The topological polar surface area (TPSA) is 68.3 Å². The highest BCUT2D eigenvalue weighted by Gasteiger charge is 2.28. The fraction of sp³-hybridized carbons (Fsp3) is 0.562. The third-order valence-corrected chi connectivity index (χ3v) is 4.26. The number of pyridine rings is 1. The van der Waals surface area contributed by atoms with Crippen LogP contribution in [0.4, 0.5) is 0 Å². The maximum atomic E-state index is 11.9. The van der Waals surface area contributed by atoms with Gasteiger partial charge in [-0.05, 0) is 30.4 Å². The predicted octanol–water partition coefficient (Wildman–Crippen LogP) is 2.18. The van der Waals surface area contributed by atoms with E-state index in [1.165, 1.54) is 12.6 Å². The van der Waals surface area contributed by atoms with Crippen LogP contribution in [0.1, 0.15) is 43.6 Å². The van der Waals surface area contributed by atoms with Gasteiger partial charge in [0.05, 0.1) is 0 Å². The third-order valence-electron chi connectivity index (χ3n) is 4.26. The molecule has 1 aliphatic rings. The molecule has 3 atom stereocenters. The van der Waals surface area contributed by atoms with Crippen molar-refractivity contribution in [2.45, 2.75) is 39.2 Å². The maximum absolute atomic E-state index is 11.9. The van der Waals surface area contributed by atoms with Crippen LogP contribution in [-0.4, -0.2) is 29.5 Å². The molecule has 0 aromatic carbocycles. The van der Waals surface area contributed by atoms with Gasteiger partial charge in [0.25, 0.3) is 5.91 Å². The molecule has 5 nitrogen and oxygen atoms in total. The summed E-state index contributed by atoms with van der Waals surface area (Å²) in [4.78, 5) is 27.5. The summed E-state index contributed by atoms with van der Waals surface area (Å²) in [5.41, 5.74) is 0.213. The molecule has 1 aliphatic carbocycles. The van der Waals surface area contributed by atoms with Gasteiger partial charge in [0.15, 0.2) is 6.61 Å². The van der Waals surface area contributed by atoms with E-state index < -0.39 is 5.97 Å². The lowest BCUT2D eigenvalue weighted by molar-refractivity contribution is -0.125. The summed E-state index contributed by atoms with van der Waals surface area (Å²) < 4.78 is 4.98. The van der Waals surface area contributed by atoms with Crippen molar-refractivity contribution in [2.75, 3.05) is 6.61 Å². The van der Waals surface area contributed by atoms with Crippen molar-refractivity contribution in [3.8, 4) is 0 Å². The van der Waals surface area contributed by atoms with E-state index >= 15 is 0 Å². The monoisotopic (exact) mass is 290 g/mol. The molecule has 0 spiro atoms. The number of nitrogens with one attached hydrogen (secondary N) is 1. The molecule has 21 heavy (non-hydrogen) atoms. The molecule has 1 fully saturated rings. The van der Waals surface area contributed by atoms with Crippen LogP contribution in [0.25, 0.3) is 0 Å². The van der Waals surface area contributed by atoms with E-state index in [2.05, 4.69) is 24.1 Å². The zero-order valence-corrected chi connectivity index (χ0v) is 12.5. The number of rotatable bonds is 4. The van der Waals surface area contributed by atoms with E-state index in [1.807, 2.05) is 0 Å². The molecule has 2 rings (SSSR count). The van der Waals surface area contributed by atoms with Gasteiger partial charge in [0.1, 0.15) is 5.69 Å². The van der Waals surface area contributed by atoms with Crippen LogP contribution in [-0.2, 0) is 9.53 Å². The zero-order chi connectivity index (χ0) is 15.2. The van der Waals surface area contributed by atoms with Crippen molar-refractivity contribution < 1.29 is 14.3 Å². The molecule has 1 saturated carbocycles. The molecular weight excluding hydrogens is 268 g/mol. The SMILES string of the molecule is C[C@H]1[C@H](C)CCC[C@H]1NC(=O)COC(=O)c1ccccn1. The quantitative estimate of drug-likeness (QED) is 0.863. The zero-order valence-electron chi connectivity index (χ0n) is 12.5. The van der Waals surface area contributed by atoms with Crippen LogP contribution in [0, 0.1) is 11.8 Å². The summed E-state index contributed by atoms with van der Waals surface area (Å²) in [5.74, 6) is 0.246. The summed E-state index contributed by atoms with van der Waals surface area (Å²) in [6.07, 6.45) is 4.85. The van der Waals surface area contributed by atoms with Crippen LogP contribution in [0.2, 0.25) is 0 Å². The van der Waals surface area contributed by atoms with Gasteiger partial charge in [0, 0.05) is 12.2 Å². The van der Waals surface area contributed by atoms with Gasteiger partial charge < -0.3 is 10.1 Å². The molecule has 1 amide bonds. The third kappa shape index (κ3) is 4.28. The van der Waals surface area contributed by atoms with Crippen molar-refractivity contribution in [1.29, 1.82) is 0 Å². The van der Waals surface area contributed by atoms with Crippen LogP contribution >= 0.6 is 0 Å². The Labute approximate surface area is 125 Å². The lowest BCUT2D eigenvalue weighted by atomic mass is 9.78. The predicted molar refractivity (Wildman–Crippen MR) is 78.6 cm³/mol. The summed E-state index contributed by atoms with van der Waals surface area (Å²) in [6.45, 7) is 4.12. The van der Waals surface area contributed by atoms with Crippen molar-refractivity contribution in [3.63, 3.8) is 0 Å². The van der Waals surface area contributed by atoms with Crippen LogP contribution in [0.3, 0.4) is 0 Å². The van der Waals surface area contributed by atoms with Crippen molar-refractivity contribution >= 4 is 11.9 Å². The van der Waals surface area contributed by atoms with Gasteiger partial charge in [0.2, 0.25) is 0 Å². The summed E-state index contributed by atoms with van der Waals surface area (Å²) in [5, 5.41) is 2.97. The molecule has 0 unspecified atom stereocenters. The standard InChI is InChI=1S/C16H22N2O3/c1-11-6-5-8-13(12(11)2)18-15(19)10-21-16(20)14-7-3-4-9-17-14/h3-4,7,9,11-13H,5-6,8,10H2,1-2H3,(H,18,19)/t11-,12+,13-/m1/s1. The molecule has 0 saturated heterocycles. The Hall–Kier alpha value is -1.91. The fourth-order valence-electron chi connectivity index (χ4n) is 2.72. The molecule has 1 heterocycles. The maximum Gasteiger partial charge on any atom is 0.357 e. The molecule has 1 N–H and O–H groups in total. The second kappa shape index (κ2) is 7.20. The number of esters is 1. The fourth-order valence-corrected chi connectivity index (χ4v) is 2.72. The number of nitrogens with zero attached hydrogens (tertiary/aromatic N) is 1. The van der Waals surface area contributed by atoms with Gasteiger partial charge in [-0.2, -0.15) is 0 Å². The van der Waals surface area contributed by atoms with Crippen LogP contribution in [0.15, 0.2) is 24.4 Å². The van der Waals surface area contributed by atoms with Gasteiger partial charge in [-0.15, -0.1) is 0 Å².